The summed E-state index contributed by atoms with van der Waals surface area (Å²) in [4.78, 5) is 24.1. The number of hydrogen-bond acceptors (Lipinski definition) is 3. The number of hydrogen-bond donors (Lipinski definition) is 2. The van der Waals surface area contributed by atoms with Gasteiger partial charge in [0.15, 0.2) is 0 Å². The average molecular weight is 455 g/mol. The first-order valence-electron chi connectivity index (χ1n) is 10.7. The lowest BCUT2D eigenvalue weighted by molar-refractivity contribution is -0.111. The summed E-state index contributed by atoms with van der Waals surface area (Å²) in [6, 6.07) is 22.0. The molecular formula is C27H23FN4O2. The van der Waals surface area contributed by atoms with Gasteiger partial charge in [0.25, 0.3) is 0 Å². The molecule has 0 fully saturated rings. The Hall–Kier alpha value is -4.52. The molecule has 0 unspecified atom stereocenters. The largest absolute Gasteiger partial charge is 0.366 e. The van der Waals surface area contributed by atoms with Crippen molar-refractivity contribution in [2.75, 3.05) is 5.32 Å². The highest BCUT2D eigenvalue weighted by atomic mass is 19.1. The van der Waals surface area contributed by atoms with Gasteiger partial charge in [-0.1, -0.05) is 60.7 Å². The zero-order chi connectivity index (χ0) is 24.1. The lowest BCUT2D eigenvalue weighted by Gasteiger charge is -2.09. The first kappa shape index (κ1) is 22.7. The van der Waals surface area contributed by atoms with Gasteiger partial charge in [0.05, 0.1) is 12.2 Å². The molecular weight excluding hydrogens is 431 g/mol. The molecule has 2 amide bonds. The third-order valence-electron chi connectivity index (χ3n) is 5.33. The highest BCUT2D eigenvalue weighted by Gasteiger charge is 2.13. The van der Waals surface area contributed by atoms with Crippen LogP contribution in [0.4, 0.5) is 10.1 Å². The summed E-state index contributed by atoms with van der Waals surface area (Å²) in [5.74, 6) is -1.87. The maximum atomic E-state index is 14.1. The molecule has 1 heterocycles. The van der Waals surface area contributed by atoms with Crippen molar-refractivity contribution < 1.29 is 14.0 Å². The zero-order valence-electron chi connectivity index (χ0n) is 18.5. The van der Waals surface area contributed by atoms with Crippen LogP contribution in [0, 0.1) is 12.7 Å². The lowest BCUT2D eigenvalue weighted by Crippen LogP contribution is -2.15. The van der Waals surface area contributed by atoms with Gasteiger partial charge in [-0.05, 0) is 30.7 Å². The number of benzene rings is 3. The fraction of sp³-hybridized carbons (Fsp3) is 0.0741. The van der Waals surface area contributed by atoms with Crippen LogP contribution in [0.15, 0.2) is 85.1 Å². The number of rotatable bonds is 7. The minimum Gasteiger partial charge on any atom is -0.366 e. The van der Waals surface area contributed by atoms with E-state index in [0.717, 1.165) is 28.5 Å². The van der Waals surface area contributed by atoms with Gasteiger partial charge >= 0.3 is 0 Å². The molecule has 0 aliphatic carbocycles. The Morgan fingerprint density at radius 1 is 1.06 bits per heavy atom. The highest BCUT2D eigenvalue weighted by molar-refractivity contribution is 6.04. The summed E-state index contributed by atoms with van der Waals surface area (Å²) in [6.45, 7) is 2.10. The van der Waals surface area contributed by atoms with Crippen molar-refractivity contribution in [2.24, 2.45) is 5.73 Å². The first-order chi connectivity index (χ1) is 16.4. The second-order valence-electron chi connectivity index (χ2n) is 7.80. The molecule has 1 aromatic heterocycles. The van der Waals surface area contributed by atoms with Crippen LogP contribution in [-0.4, -0.2) is 21.6 Å². The number of primary amides is 1. The third kappa shape index (κ3) is 5.27. The smallest absolute Gasteiger partial charge is 0.248 e. The van der Waals surface area contributed by atoms with Crippen molar-refractivity contribution in [1.82, 2.24) is 9.78 Å². The molecule has 7 heteroatoms. The van der Waals surface area contributed by atoms with Crippen LogP contribution in [-0.2, 0) is 11.3 Å². The Morgan fingerprint density at radius 3 is 2.41 bits per heavy atom. The molecule has 3 aromatic carbocycles. The first-order valence-corrected chi connectivity index (χ1v) is 10.7. The van der Waals surface area contributed by atoms with Crippen molar-refractivity contribution in [3.63, 3.8) is 0 Å². The summed E-state index contributed by atoms with van der Waals surface area (Å²) in [5, 5.41) is 7.35. The maximum Gasteiger partial charge on any atom is 0.248 e. The molecule has 170 valence electrons. The van der Waals surface area contributed by atoms with Crippen molar-refractivity contribution >= 4 is 23.6 Å². The molecule has 0 saturated carbocycles. The van der Waals surface area contributed by atoms with Crippen molar-refractivity contribution in [3.8, 4) is 11.3 Å². The summed E-state index contributed by atoms with van der Waals surface area (Å²) < 4.78 is 16.0. The number of aromatic nitrogens is 2. The number of carbonyl (C=O) groups is 2. The van der Waals surface area contributed by atoms with Crippen LogP contribution in [0.25, 0.3) is 17.3 Å². The summed E-state index contributed by atoms with van der Waals surface area (Å²) in [6.07, 6.45) is 4.89. The summed E-state index contributed by atoms with van der Waals surface area (Å²) in [5.41, 5.74) is 9.15. The monoisotopic (exact) mass is 454 g/mol. The third-order valence-corrected chi connectivity index (χ3v) is 5.33. The normalized spacial score (nSPS) is 11.0. The van der Waals surface area contributed by atoms with E-state index in [0.29, 0.717) is 6.54 Å². The van der Waals surface area contributed by atoms with Gasteiger partial charge in [-0.3, -0.25) is 14.3 Å². The lowest BCUT2D eigenvalue weighted by atomic mass is 10.1. The quantitative estimate of drug-likeness (QED) is 0.393. The molecule has 4 aromatic rings. The number of nitrogens with one attached hydrogen (secondary N) is 1. The number of halogens is 1. The molecule has 6 nitrogen and oxygen atoms in total. The molecule has 0 saturated heterocycles. The topological polar surface area (TPSA) is 90.0 Å². The van der Waals surface area contributed by atoms with E-state index in [-0.39, 0.29) is 16.8 Å². The van der Waals surface area contributed by atoms with Crippen LogP contribution in [0.1, 0.15) is 27.0 Å². The average Bonchev–Trinajstić information content (AvgIpc) is 3.24. The zero-order valence-corrected chi connectivity index (χ0v) is 18.5. The van der Waals surface area contributed by atoms with Gasteiger partial charge < -0.3 is 11.1 Å². The van der Waals surface area contributed by atoms with E-state index in [1.807, 2.05) is 71.5 Å². The van der Waals surface area contributed by atoms with E-state index in [9.17, 15) is 14.0 Å². The number of nitrogens with two attached hydrogens (primary N) is 1. The molecule has 0 spiro atoms. The van der Waals surface area contributed by atoms with Gasteiger partial charge in [-0.15, -0.1) is 0 Å². The second-order valence-corrected chi connectivity index (χ2v) is 7.80. The van der Waals surface area contributed by atoms with E-state index < -0.39 is 17.6 Å². The van der Waals surface area contributed by atoms with Gasteiger partial charge in [-0.25, -0.2) is 4.39 Å². The standard InChI is InChI=1S/C27H23FN4O2/c1-18-23(28)14-22(27(29)34)15-24(18)30-25(33)13-12-21-17-32(16-19-8-4-2-5-9-19)31-26(21)20-10-6-3-7-11-20/h2-15,17H,16H2,1H3,(H2,29,34)(H,30,33)/b13-12+. The van der Waals surface area contributed by atoms with Crippen LogP contribution < -0.4 is 11.1 Å². The molecule has 0 radical (unpaired) electrons. The van der Waals surface area contributed by atoms with Crippen molar-refractivity contribution in [3.05, 3.63) is 113 Å². The molecule has 0 aliphatic rings. The number of amides is 2. The van der Waals surface area contributed by atoms with Gasteiger partial charge in [-0.2, -0.15) is 5.10 Å². The summed E-state index contributed by atoms with van der Waals surface area (Å²) in [7, 11) is 0. The molecule has 0 bridgehead atoms. The fourth-order valence-electron chi connectivity index (χ4n) is 3.52. The van der Waals surface area contributed by atoms with Crippen molar-refractivity contribution in [2.45, 2.75) is 13.5 Å². The van der Waals surface area contributed by atoms with Crippen LogP contribution in [0.2, 0.25) is 0 Å². The van der Waals surface area contributed by atoms with Crippen molar-refractivity contribution in [1.29, 1.82) is 0 Å². The van der Waals surface area contributed by atoms with E-state index in [2.05, 4.69) is 5.32 Å². The molecule has 0 aliphatic heterocycles. The predicted molar refractivity (Wildman–Crippen MR) is 131 cm³/mol. The SMILES string of the molecule is Cc1c(F)cc(C(N)=O)cc1NC(=O)/C=C/c1cn(Cc2ccccc2)nc1-c1ccccc1. The minimum absolute atomic E-state index is 0.0177. The van der Waals surface area contributed by atoms with Crippen LogP contribution in [0.5, 0.6) is 0 Å². The highest BCUT2D eigenvalue weighted by Crippen LogP contribution is 2.24. The maximum absolute atomic E-state index is 14.1. The Bertz CT molecular complexity index is 1360. The Labute approximate surface area is 196 Å². The second kappa shape index (κ2) is 9.95. The van der Waals surface area contributed by atoms with Gasteiger partial charge in [0.1, 0.15) is 5.82 Å². The number of anilines is 1. The fourth-order valence-corrected chi connectivity index (χ4v) is 3.52. The van der Waals surface area contributed by atoms with E-state index in [1.54, 1.807) is 6.08 Å². The van der Waals surface area contributed by atoms with Gasteiger partial charge in [0, 0.05) is 40.2 Å². The van der Waals surface area contributed by atoms with Gasteiger partial charge in [0.2, 0.25) is 11.8 Å². The van der Waals surface area contributed by atoms with E-state index in [1.165, 1.54) is 19.1 Å². The number of nitrogens with zero attached hydrogens (tertiary/aromatic N) is 2. The van der Waals surface area contributed by atoms with Crippen LogP contribution in [0.3, 0.4) is 0 Å². The number of carbonyl (C=O) groups excluding carboxylic acids is 2. The molecule has 4 rings (SSSR count). The summed E-state index contributed by atoms with van der Waals surface area (Å²) >= 11 is 0. The molecule has 34 heavy (non-hydrogen) atoms. The predicted octanol–water partition coefficient (Wildman–Crippen LogP) is 4.80. The Balaban J connectivity index is 1.60. The van der Waals surface area contributed by atoms with E-state index in [4.69, 9.17) is 10.8 Å². The van der Waals surface area contributed by atoms with Crippen LogP contribution >= 0.6 is 0 Å². The van der Waals surface area contributed by atoms with E-state index >= 15 is 0 Å². The Morgan fingerprint density at radius 2 is 1.74 bits per heavy atom. The molecule has 0 atom stereocenters. The Kier molecular flexibility index (Phi) is 6.64. The minimum atomic E-state index is -0.775. The molecule has 3 N–H and O–H groups in total.